The van der Waals surface area contributed by atoms with Gasteiger partial charge in [-0.2, -0.15) is 0 Å². The molecule has 0 aliphatic carbocycles. The van der Waals surface area contributed by atoms with Crippen molar-refractivity contribution in [1.82, 2.24) is 9.80 Å². The minimum absolute atomic E-state index is 0.000875. The summed E-state index contributed by atoms with van der Waals surface area (Å²) in [5, 5.41) is 0.381. The Morgan fingerprint density at radius 1 is 0.976 bits per heavy atom. The Hall–Kier alpha value is -3.67. The molecule has 0 radical (unpaired) electrons. The Morgan fingerprint density at radius 2 is 1.67 bits per heavy atom. The Bertz CT molecular complexity index is 1330. The summed E-state index contributed by atoms with van der Waals surface area (Å²) in [7, 11) is 1.64. The number of anilines is 3. The number of piperazine rings is 2. The number of methoxy groups -OCH3 is 1. The summed E-state index contributed by atoms with van der Waals surface area (Å²) in [5.74, 6) is -2.24. The van der Waals surface area contributed by atoms with Crippen molar-refractivity contribution >= 4 is 52.4 Å². The summed E-state index contributed by atoms with van der Waals surface area (Å²) >= 11 is 6.11. The number of hydrogen-bond acceptors (Lipinski definition) is 8. The van der Waals surface area contributed by atoms with E-state index in [1.54, 1.807) is 44.9 Å². The minimum atomic E-state index is -1.03. The van der Waals surface area contributed by atoms with Crippen molar-refractivity contribution < 1.29 is 28.7 Å². The normalized spacial score (nSPS) is 17.5. The highest BCUT2D eigenvalue weighted by atomic mass is 35.5. The molecule has 3 amide bonds. The highest BCUT2D eigenvalue weighted by Crippen LogP contribution is 2.30. The van der Waals surface area contributed by atoms with E-state index in [0.29, 0.717) is 42.6 Å². The zero-order valence-corrected chi connectivity index (χ0v) is 25.2. The molecule has 0 bridgehead atoms. The Morgan fingerprint density at radius 3 is 2.31 bits per heavy atom. The number of carbonyl (C=O) groups excluding carboxylic acids is 4. The molecule has 12 heteroatoms. The maximum atomic E-state index is 13.4. The first-order valence-corrected chi connectivity index (χ1v) is 14.3. The largest absolute Gasteiger partial charge is 0.458 e. The summed E-state index contributed by atoms with van der Waals surface area (Å²) in [6.07, 6.45) is 0.131. The van der Waals surface area contributed by atoms with Crippen LogP contribution in [-0.2, 0) is 35.1 Å². The van der Waals surface area contributed by atoms with Gasteiger partial charge >= 0.3 is 17.8 Å². The molecule has 2 N–H and O–H groups in total. The molecule has 2 heterocycles. The van der Waals surface area contributed by atoms with Crippen LogP contribution in [0.4, 0.5) is 17.1 Å². The van der Waals surface area contributed by atoms with Crippen molar-refractivity contribution in [2.45, 2.75) is 38.8 Å². The van der Waals surface area contributed by atoms with E-state index in [0.717, 1.165) is 17.8 Å². The van der Waals surface area contributed by atoms with Crippen LogP contribution in [0.5, 0.6) is 0 Å². The predicted molar refractivity (Wildman–Crippen MR) is 160 cm³/mol. The van der Waals surface area contributed by atoms with E-state index in [2.05, 4.69) is 4.90 Å². The highest BCUT2D eigenvalue weighted by molar-refractivity contribution is 6.41. The van der Waals surface area contributed by atoms with Crippen LogP contribution in [0, 0.1) is 0 Å². The molecule has 11 nitrogen and oxygen atoms in total. The fourth-order valence-corrected chi connectivity index (χ4v) is 5.23. The summed E-state index contributed by atoms with van der Waals surface area (Å²) < 4.78 is 10.8. The zero-order chi connectivity index (χ0) is 30.6. The molecule has 2 aliphatic rings. The summed E-state index contributed by atoms with van der Waals surface area (Å²) in [5.41, 5.74) is 7.43. The molecule has 2 saturated heterocycles. The lowest BCUT2D eigenvalue weighted by molar-refractivity contribution is -0.166. The van der Waals surface area contributed by atoms with Gasteiger partial charge in [-0.1, -0.05) is 23.7 Å². The number of halogens is 1. The molecule has 42 heavy (non-hydrogen) atoms. The lowest BCUT2D eigenvalue weighted by Crippen LogP contribution is -2.60. The Kier molecular flexibility index (Phi) is 9.75. The molecule has 0 unspecified atom stereocenters. The van der Waals surface area contributed by atoms with Crippen molar-refractivity contribution in [2.75, 3.05) is 68.5 Å². The second kappa shape index (κ2) is 13.1. The number of hydrogen-bond donors (Lipinski definition) is 1. The molecule has 0 spiro atoms. The van der Waals surface area contributed by atoms with E-state index in [-0.39, 0.29) is 25.4 Å². The molecule has 1 atom stereocenters. The van der Waals surface area contributed by atoms with Gasteiger partial charge < -0.3 is 29.9 Å². The van der Waals surface area contributed by atoms with Gasteiger partial charge in [-0.3, -0.25) is 19.3 Å². The molecule has 2 aliphatic heterocycles. The standard InChI is InChI=1S/C30H38ClN5O6/c1-30(2,3)42-29(40)25(36-14-13-35(27(38)28(36)39)24-18-21(31)7-10-23(24)32)17-20-5-8-22(9-6-20)34-12-11-33(15-16-41-4)19-26(34)37/h5-10,18,25H,11-17,19,32H2,1-4H3/t25-/m0/s1. The van der Waals surface area contributed by atoms with Crippen molar-refractivity contribution in [2.24, 2.45) is 0 Å². The number of benzene rings is 2. The Labute approximate surface area is 251 Å². The molecule has 2 aromatic rings. The average Bonchev–Trinajstić information content (AvgIpc) is 2.93. The van der Waals surface area contributed by atoms with Crippen molar-refractivity contribution in [3.63, 3.8) is 0 Å². The van der Waals surface area contributed by atoms with Crippen LogP contribution in [0.15, 0.2) is 42.5 Å². The van der Waals surface area contributed by atoms with Crippen LogP contribution in [0.2, 0.25) is 5.02 Å². The zero-order valence-electron chi connectivity index (χ0n) is 24.5. The van der Waals surface area contributed by atoms with Crippen LogP contribution < -0.4 is 15.5 Å². The minimum Gasteiger partial charge on any atom is -0.458 e. The van der Waals surface area contributed by atoms with Gasteiger partial charge in [0.2, 0.25) is 5.91 Å². The number of nitrogens with zero attached hydrogens (tertiary/aromatic N) is 4. The third kappa shape index (κ3) is 7.39. The number of esters is 1. The van der Waals surface area contributed by atoms with Gasteiger partial charge in [-0.25, -0.2) is 4.79 Å². The smallest absolute Gasteiger partial charge is 0.329 e. The summed E-state index contributed by atoms with van der Waals surface area (Å²) in [6.45, 7) is 8.34. The number of ether oxygens (including phenoxy) is 2. The van der Waals surface area contributed by atoms with Gasteiger partial charge in [-0.05, 0) is 56.7 Å². The van der Waals surface area contributed by atoms with Gasteiger partial charge in [0.25, 0.3) is 0 Å². The lowest BCUT2D eigenvalue weighted by atomic mass is 10.0. The maximum absolute atomic E-state index is 13.4. The summed E-state index contributed by atoms with van der Waals surface area (Å²) in [4.78, 5) is 59.1. The number of rotatable bonds is 9. The molecule has 0 saturated carbocycles. The number of carbonyl (C=O) groups is 4. The quantitative estimate of drug-likeness (QED) is 0.264. The second-order valence-corrected chi connectivity index (χ2v) is 11.8. The van der Waals surface area contributed by atoms with Gasteiger partial charge in [0.1, 0.15) is 11.6 Å². The van der Waals surface area contributed by atoms with Gasteiger partial charge in [-0.15, -0.1) is 0 Å². The van der Waals surface area contributed by atoms with Crippen LogP contribution in [0.25, 0.3) is 0 Å². The van der Waals surface area contributed by atoms with E-state index < -0.39 is 29.4 Å². The fourth-order valence-electron chi connectivity index (χ4n) is 5.06. The topological polar surface area (TPSA) is 126 Å². The monoisotopic (exact) mass is 599 g/mol. The van der Waals surface area contributed by atoms with E-state index >= 15 is 0 Å². The lowest BCUT2D eigenvalue weighted by Gasteiger charge is -2.38. The van der Waals surface area contributed by atoms with Gasteiger partial charge in [0, 0.05) is 57.0 Å². The summed E-state index contributed by atoms with van der Waals surface area (Å²) in [6, 6.07) is 11.0. The third-order valence-electron chi connectivity index (χ3n) is 7.18. The van der Waals surface area contributed by atoms with Gasteiger partial charge in [0.05, 0.1) is 24.5 Å². The molecular weight excluding hydrogens is 562 g/mol. The molecule has 2 aromatic carbocycles. The van der Waals surface area contributed by atoms with E-state index in [9.17, 15) is 19.2 Å². The maximum Gasteiger partial charge on any atom is 0.329 e. The SMILES string of the molecule is COCCN1CCN(c2ccc(C[C@@H](C(=O)OC(C)(C)C)N3CCN(c4cc(Cl)ccc4N)C(=O)C3=O)cc2)C(=O)C1. The van der Waals surface area contributed by atoms with Gasteiger partial charge in [0.15, 0.2) is 0 Å². The molecule has 4 rings (SSSR count). The van der Waals surface area contributed by atoms with Crippen molar-refractivity contribution in [3.05, 3.63) is 53.1 Å². The number of amides is 3. The van der Waals surface area contributed by atoms with Crippen molar-refractivity contribution in [3.8, 4) is 0 Å². The number of nitrogen functional groups attached to an aromatic ring is 1. The predicted octanol–water partition coefficient (Wildman–Crippen LogP) is 2.35. The first kappa shape index (κ1) is 31.3. The fraction of sp³-hybridized carbons (Fsp3) is 0.467. The highest BCUT2D eigenvalue weighted by Gasteiger charge is 2.41. The number of nitrogens with two attached hydrogens (primary N) is 1. The second-order valence-electron chi connectivity index (χ2n) is 11.4. The van der Waals surface area contributed by atoms with E-state index in [4.69, 9.17) is 26.8 Å². The van der Waals surface area contributed by atoms with E-state index in [1.165, 1.54) is 15.9 Å². The first-order chi connectivity index (χ1) is 19.9. The van der Waals surface area contributed by atoms with Crippen LogP contribution in [-0.4, -0.2) is 98.1 Å². The van der Waals surface area contributed by atoms with Crippen LogP contribution in [0.3, 0.4) is 0 Å². The Balaban J connectivity index is 1.51. The molecule has 2 fully saturated rings. The molecule has 226 valence electrons. The molecular formula is C30H38ClN5O6. The average molecular weight is 600 g/mol. The van der Waals surface area contributed by atoms with E-state index in [1.807, 2.05) is 24.3 Å². The van der Waals surface area contributed by atoms with Crippen LogP contribution in [0.1, 0.15) is 26.3 Å². The molecule has 0 aromatic heterocycles. The first-order valence-electron chi connectivity index (χ1n) is 13.9. The van der Waals surface area contributed by atoms with Crippen molar-refractivity contribution in [1.29, 1.82) is 0 Å². The third-order valence-corrected chi connectivity index (χ3v) is 7.42. The van der Waals surface area contributed by atoms with Crippen LogP contribution >= 0.6 is 11.6 Å².